The summed E-state index contributed by atoms with van der Waals surface area (Å²) in [4.78, 5) is 2.66. The fourth-order valence-electron chi connectivity index (χ4n) is 2.94. The highest BCUT2D eigenvalue weighted by Gasteiger charge is 2.26. The van der Waals surface area contributed by atoms with E-state index in [9.17, 15) is 0 Å². The monoisotopic (exact) mass is 210 g/mol. The first-order valence-electron chi connectivity index (χ1n) is 6.71. The Morgan fingerprint density at radius 2 is 1.87 bits per heavy atom. The van der Waals surface area contributed by atoms with Crippen molar-refractivity contribution in [1.82, 2.24) is 10.2 Å². The average Bonchev–Trinajstić information content (AvgIpc) is 2.57. The van der Waals surface area contributed by atoms with Crippen LogP contribution in [0.5, 0.6) is 0 Å². The molecule has 3 unspecified atom stereocenters. The molecule has 3 atom stereocenters. The van der Waals surface area contributed by atoms with Gasteiger partial charge in [0.05, 0.1) is 0 Å². The summed E-state index contributed by atoms with van der Waals surface area (Å²) in [6.45, 7) is 10.00. The molecule has 1 N–H and O–H groups in total. The number of nitrogens with zero attached hydrogens (tertiary/aromatic N) is 1. The normalized spacial score (nSPS) is 38.4. The zero-order chi connectivity index (χ0) is 10.7. The third-order valence-corrected chi connectivity index (χ3v) is 4.27. The van der Waals surface area contributed by atoms with Crippen LogP contribution in [0.3, 0.4) is 0 Å². The number of hydrogen-bond acceptors (Lipinski definition) is 2. The Balaban J connectivity index is 1.65. The first-order valence-corrected chi connectivity index (χ1v) is 6.71. The van der Waals surface area contributed by atoms with E-state index < -0.39 is 0 Å². The topological polar surface area (TPSA) is 15.3 Å². The van der Waals surface area contributed by atoms with Crippen LogP contribution in [0.25, 0.3) is 0 Å². The van der Waals surface area contributed by atoms with Crippen molar-refractivity contribution in [2.75, 3.05) is 26.2 Å². The van der Waals surface area contributed by atoms with Crippen molar-refractivity contribution in [2.24, 2.45) is 11.8 Å². The van der Waals surface area contributed by atoms with Gasteiger partial charge in [0.15, 0.2) is 0 Å². The van der Waals surface area contributed by atoms with Crippen molar-refractivity contribution in [2.45, 2.75) is 45.6 Å². The molecule has 0 spiro atoms. The van der Waals surface area contributed by atoms with Gasteiger partial charge >= 0.3 is 0 Å². The summed E-state index contributed by atoms with van der Waals surface area (Å²) in [5.41, 5.74) is 0. The summed E-state index contributed by atoms with van der Waals surface area (Å²) >= 11 is 0. The van der Waals surface area contributed by atoms with Crippen LogP contribution >= 0.6 is 0 Å². The van der Waals surface area contributed by atoms with Crippen LogP contribution in [0.15, 0.2) is 0 Å². The lowest BCUT2D eigenvalue weighted by Crippen LogP contribution is -2.37. The zero-order valence-corrected chi connectivity index (χ0v) is 10.3. The van der Waals surface area contributed by atoms with Crippen LogP contribution in [-0.2, 0) is 0 Å². The van der Waals surface area contributed by atoms with Gasteiger partial charge in [0.25, 0.3) is 0 Å². The van der Waals surface area contributed by atoms with Crippen LogP contribution in [0.4, 0.5) is 0 Å². The van der Waals surface area contributed by atoms with Gasteiger partial charge in [-0.1, -0.05) is 20.3 Å². The standard InChI is InChI=1S/C13H26N2/c1-11-9-15(10-12(11)2)8-6-13-5-3-4-7-14-13/h11-14H,3-10H2,1-2H3. The first-order chi connectivity index (χ1) is 7.25. The third-order valence-electron chi connectivity index (χ3n) is 4.27. The maximum Gasteiger partial charge on any atom is 0.00792 e. The van der Waals surface area contributed by atoms with Crippen molar-refractivity contribution in [1.29, 1.82) is 0 Å². The van der Waals surface area contributed by atoms with Gasteiger partial charge in [0, 0.05) is 19.1 Å². The summed E-state index contributed by atoms with van der Waals surface area (Å²) in [5, 5.41) is 3.64. The predicted molar refractivity (Wildman–Crippen MR) is 65.0 cm³/mol. The molecular weight excluding hydrogens is 184 g/mol. The highest BCUT2D eigenvalue weighted by atomic mass is 15.2. The summed E-state index contributed by atoms with van der Waals surface area (Å²) in [6.07, 6.45) is 5.58. The molecule has 2 aliphatic heterocycles. The molecule has 0 aromatic heterocycles. The van der Waals surface area contributed by atoms with E-state index in [4.69, 9.17) is 0 Å². The summed E-state index contributed by atoms with van der Waals surface area (Å²) in [6, 6.07) is 0.810. The number of piperidine rings is 1. The second-order valence-electron chi connectivity index (χ2n) is 5.65. The molecule has 88 valence electrons. The molecular formula is C13H26N2. The van der Waals surface area contributed by atoms with E-state index in [0.717, 1.165) is 17.9 Å². The van der Waals surface area contributed by atoms with E-state index in [-0.39, 0.29) is 0 Å². The van der Waals surface area contributed by atoms with Gasteiger partial charge in [-0.25, -0.2) is 0 Å². The Labute approximate surface area is 94.4 Å². The molecule has 2 nitrogen and oxygen atoms in total. The predicted octanol–water partition coefficient (Wildman–Crippen LogP) is 2.11. The average molecular weight is 210 g/mol. The van der Waals surface area contributed by atoms with Crippen molar-refractivity contribution >= 4 is 0 Å². The van der Waals surface area contributed by atoms with Crippen LogP contribution < -0.4 is 5.32 Å². The molecule has 2 aliphatic rings. The molecule has 0 aromatic carbocycles. The van der Waals surface area contributed by atoms with E-state index in [2.05, 4.69) is 24.1 Å². The largest absolute Gasteiger partial charge is 0.314 e. The summed E-state index contributed by atoms with van der Waals surface area (Å²) < 4.78 is 0. The molecule has 2 heteroatoms. The van der Waals surface area contributed by atoms with Gasteiger partial charge in [-0.05, 0) is 44.2 Å². The Morgan fingerprint density at radius 1 is 1.13 bits per heavy atom. The first kappa shape index (κ1) is 11.4. The molecule has 0 radical (unpaired) electrons. The fourth-order valence-corrected chi connectivity index (χ4v) is 2.94. The highest BCUT2D eigenvalue weighted by molar-refractivity contribution is 4.80. The smallest absolute Gasteiger partial charge is 0.00792 e. The number of nitrogens with one attached hydrogen (secondary N) is 1. The lowest BCUT2D eigenvalue weighted by molar-refractivity contribution is 0.280. The molecule has 0 saturated carbocycles. The van der Waals surface area contributed by atoms with Crippen LogP contribution in [-0.4, -0.2) is 37.1 Å². The highest BCUT2D eigenvalue weighted by Crippen LogP contribution is 2.22. The fraction of sp³-hybridized carbons (Fsp3) is 1.00. The summed E-state index contributed by atoms with van der Waals surface area (Å²) in [5.74, 6) is 1.81. The van der Waals surface area contributed by atoms with Crippen LogP contribution in [0, 0.1) is 11.8 Å². The maximum absolute atomic E-state index is 3.64. The van der Waals surface area contributed by atoms with E-state index in [1.165, 1.54) is 51.9 Å². The lowest BCUT2D eigenvalue weighted by Gasteiger charge is -2.25. The Hall–Kier alpha value is -0.0800. The van der Waals surface area contributed by atoms with Gasteiger partial charge in [0.1, 0.15) is 0 Å². The second kappa shape index (κ2) is 5.31. The Bertz CT molecular complexity index is 177. The second-order valence-corrected chi connectivity index (χ2v) is 5.65. The van der Waals surface area contributed by atoms with E-state index in [0.29, 0.717) is 0 Å². The molecule has 0 amide bonds. The number of rotatable bonds is 3. The van der Waals surface area contributed by atoms with Crippen molar-refractivity contribution in [3.8, 4) is 0 Å². The molecule has 2 heterocycles. The Kier molecular flexibility index (Phi) is 4.04. The van der Waals surface area contributed by atoms with Crippen molar-refractivity contribution in [3.63, 3.8) is 0 Å². The van der Waals surface area contributed by atoms with Gasteiger partial charge < -0.3 is 10.2 Å². The quantitative estimate of drug-likeness (QED) is 0.767. The van der Waals surface area contributed by atoms with E-state index in [1.807, 2.05) is 0 Å². The molecule has 0 aliphatic carbocycles. The number of hydrogen-bond donors (Lipinski definition) is 1. The minimum absolute atomic E-state index is 0.810. The van der Waals surface area contributed by atoms with Crippen LogP contribution in [0.1, 0.15) is 39.5 Å². The van der Waals surface area contributed by atoms with Gasteiger partial charge in [-0.15, -0.1) is 0 Å². The van der Waals surface area contributed by atoms with Crippen molar-refractivity contribution in [3.05, 3.63) is 0 Å². The minimum Gasteiger partial charge on any atom is -0.314 e. The van der Waals surface area contributed by atoms with Gasteiger partial charge in [-0.3, -0.25) is 0 Å². The van der Waals surface area contributed by atoms with Gasteiger partial charge in [0.2, 0.25) is 0 Å². The lowest BCUT2D eigenvalue weighted by atomic mass is 10.0. The maximum atomic E-state index is 3.64. The molecule has 2 rings (SSSR count). The summed E-state index contributed by atoms with van der Waals surface area (Å²) in [7, 11) is 0. The molecule has 0 aromatic rings. The third kappa shape index (κ3) is 3.18. The van der Waals surface area contributed by atoms with Crippen molar-refractivity contribution < 1.29 is 0 Å². The van der Waals surface area contributed by atoms with E-state index >= 15 is 0 Å². The minimum atomic E-state index is 0.810. The van der Waals surface area contributed by atoms with E-state index in [1.54, 1.807) is 0 Å². The van der Waals surface area contributed by atoms with Gasteiger partial charge in [-0.2, -0.15) is 0 Å². The van der Waals surface area contributed by atoms with Crippen LogP contribution in [0.2, 0.25) is 0 Å². The molecule has 2 saturated heterocycles. The number of likely N-dealkylation sites (tertiary alicyclic amines) is 1. The molecule has 15 heavy (non-hydrogen) atoms. The zero-order valence-electron chi connectivity index (χ0n) is 10.3. The molecule has 0 bridgehead atoms. The Morgan fingerprint density at radius 3 is 2.47 bits per heavy atom. The SMILES string of the molecule is CC1CN(CCC2CCCCN2)CC1C. The molecule has 2 fully saturated rings.